The van der Waals surface area contributed by atoms with Crippen molar-refractivity contribution in [2.75, 3.05) is 0 Å². The molecule has 0 aromatic heterocycles. The van der Waals surface area contributed by atoms with Gasteiger partial charge in [-0.05, 0) is 67.2 Å². The molecule has 0 unspecified atom stereocenters. The summed E-state index contributed by atoms with van der Waals surface area (Å²) in [6.07, 6.45) is 8.73. The molecule has 0 fully saturated rings. The molecule has 3 nitrogen and oxygen atoms in total. The van der Waals surface area contributed by atoms with Crippen LogP contribution in [0, 0.1) is 13.8 Å². The molecule has 0 bridgehead atoms. The number of unbranched alkanes of at least 4 members (excludes halogenated alkanes) is 4. The highest BCUT2D eigenvalue weighted by Gasteiger charge is 2.23. The van der Waals surface area contributed by atoms with Crippen LogP contribution < -0.4 is 0 Å². The normalized spacial score (nSPS) is 12.0. The van der Waals surface area contributed by atoms with Crippen LogP contribution in [0.1, 0.15) is 74.6 Å². The van der Waals surface area contributed by atoms with E-state index >= 15 is 0 Å². The van der Waals surface area contributed by atoms with E-state index in [-0.39, 0.29) is 4.90 Å². The van der Waals surface area contributed by atoms with Gasteiger partial charge in [0.2, 0.25) is 0 Å². The summed E-state index contributed by atoms with van der Waals surface area (Å²) in [5.41, 5.74) is 4.14. The average molecular weight is 377 g/mol. The quantitative estimate of drug-likeness (QED) is 0.420. The summed E-state index contributed by atoms with van der Waals surface area (Å²) in [5.74, 6) is 0. The van der Waals surface area contributed by atoms with Gasteiger partial charge in [-0.3, -0.25) is 4.55 Å². The van der Waals surface area contributed by atoms with E-state index in [0.29, 0.717) is 10.9 Å². The van der Waals surface area contributed by atoms with Crippen LogP contribution in [0.15, 0.2) is 23.1 Å². The fourth-order valence-corrected chi connectivity index (χ4v) is 4.89. The van der Waals surface area contributed by atoms with Gasteiger partial charge in [0.1, 0.15) is 4.90 Å². The van der Waals surface area contributed by atoms with Crippen molar-refractivity contribution in [1.29, 1.82) is 0 Å². The van der Waals surface area contributed by atoms with E-state index in [1.807, 2.05) is 26.0 Å². The maximum Gasteiger partial charge on any atom is 0.295 e. The smallest absolute Gasteiger partial charge is 0.282 e. The molecule has 2 rings (SSSR count). The summed E-state index contributed by atoms with van der Waals surface area (Å²) in [4.78, 5) is 0.0848. The zero-order chi connectivity index (χ0) is 19.3. The van der Waals surface area contributed by atoms with Crippen molar-refractivity contribution >= 4 is 20.9 Å². The zero-order valence-electron chi connectivity index (χ0n) is 16.6. The Morgan fingerprint density at radius 1 is 0.885 bits per heavy atom. The molecule has 0 aliphatic heterocycles. The first-order chi connectivity index (χ1) is 12.3. The third-order valence-corrected chi connectivity index (χ3v) is 6.43. The summed E-state index contributed by atoms with van der Waals surface area (Å²) in [6, 6.07) is 5.88. The van der Waals surface area contributed by atoms with Crippen LogP contribution in [0.3, 0.4) is 0 Å². The van der Waals surface area contributed by atoms with Crippen molar-refractivity contribution in [3.8, 4) is 0 Å². The number of rotatable bonds is 9. The van der Waals surface area contributed by atoms with Gasteiger partial charge < -0.3 is 0 Å². The van der Waals surface area contributed by atoms with Crippen LogP contribution in [-0.2, 0) is 23.0 Å². The molecule has 0 heterocycles. The molecular weight excluding hydrogens is 344 g/mol. The highest BCUT2D eigenvalue weighted by molar-refractivity contribution is 7.86. The predicted octanol–water partition coefficient (Wildman–Crippen LogP) is 6.17. The first-order valence-corrected chi connectivity index (χ1v) is 11.3. The molecular formula is C22H32O3S. The lowest BCUT2D eigenvalue weighted by atomic mass is 9.88. The van der Waals surface area contributed by atoms with Crippen molar-refractivity contribution in [3.05, 3.63) is 40.5 Å². The highest BCUT2D eigenvalue weighted by atomic mass is 32.2. The summed E-state index contributed by atoms with van der Waals surface area (Å²) >= 11 is 0. The Labute approximate surface area is 158 Å². The Bertz CT molecular complexity index is 867. The maximum atomic E-state index is 12.1. The Balaban J connectivity index is 2.75. The zero-order valence-corrected chi connectivity index (χ0v) is 17.4. The number of aryl methyl sites for hydroxylation is 2. The molecule has 0 amide bonds. The van der Waals surface area contributed by atoms with Gasteiger partial charge in [0.25, 0.3) is 10.1 Å². The minimum absolute atomic E-state index is 0.0848. The molecule has 1 N–H and O–H groups in total. The summed E-state index contributed by atoms with van der Waals surface area (Å²) in [6.45, 7) is 8.18. The molecule has 4 heteroatoms. The Kier molecular flexibility index (Phi) is 7.24. The second kappa shape index (κ2) is 9.01. The average Bonchev–Trinajstić information content (AvgIpc) is 2.57. The number of hydrogen-bond donors (Lipinski definition) is 1. The lowest BCUT2D eigenvalue weighted by Gasteiger charge is -2.20. The van der Waals surface area contributed by atoms with Gasteiger partial charge in [-0.1, -0.05) is 57.7 Å². The second-order valence-electron chi connectivity index (χ2n) is 7.29. The van der Waals surface area contributed by atoms with Crippen molar-refractivity contribution < 1.29 is 13.0 Å². The van der Waals surface area contributed by atoms with Crippen LogP contribution in [-0.4, -0.2) is 13.0 Å². The third-order valence-electron chi connectivity index (χ3n) is 5.39. The molecule has 0 saturated heterocycles. The number of hydrogen-bond acceptors (Lipinski definition) is 2. The fraction of sp³-hybridized carbons (Fsp3) is 0.545. The highest BCUT2D eigenvalue weighted by Crippen LogP contribution is 2.36. The van der Waals surface area contributed by atoms with Crippen LogP contribution in [0.5, 0.6) is 0 Å². The Hall–Kier alpha value is -1.39. The molecule has 0 aliphatic rings. The molecule has 0 radical (unpaired) electrons. The van der Waals surface area contributed by atoms with Crippen LogP contribution in [0.2, 0.25) is 0 Å². The van der Waals surface area contributed by atoms with Gasteiger partial charge in [0.15, 0.2) is 0 Å². The summed E-state index contributed by atoms with van der Waals surface area (Å²) in [7, 11) is -4.27. The third kappa shape index (κ3) is 4.47. The van der Waals surface area contributed by atoms with E-state index in [0.717, 1.165) is 62.3 Å². The predicted molar refractivity (Wildman–Crippen MR) is 110 cm³/mol. The first-order valence-electron chi connectivity index (χ1n) is 9.84. The van der Waals surface area contributed by atoms with Gasteiger partial charge in [0.05, 0.1) is 0 Å². The SMILES string of the molecule is CCCCCc1cccc2c(S(=O)(=O)O)c(C)c(C)c(CCCCC)c12. The topological polar surface area (TPSA) is 54.4 Å². The molecule has 26 heavy (non-hydrogen) atoms. The summed E-state index contributed by atoms with van der Waals surface area (Å²) < 4.78 is 34.1. The van der Waals surface area contributed by atoms with Gasteiger partial charge in [0, 0.05) is 5.39 Å². The lowest BCUT2D eigenvalue weighted by Crippen LogP contribution is -2.08. The molecule has 0 spiro atoms. The molecule has 0 aliphatic carbocycles. The van der Waals surface area contributed by atoms with Crippen molar-refractivity contribution in [1.82, 2.24) is 0 Å². The van der Waals surface area contributed by atoms with E-state index in [2.05, 4.69) is 19.9 Å². The van der Waals surface area contributed by atoms with Crippen molar-refractivity contribution in [2.24, 2.45) is 0 Å². The van der Waals surface area contributed by atoms with E-state index in [1.54, 1.807) is 0 Å². The number of benzene rings is 2. The largest absolute Gasteiger partial charge is 0.295 e. The Morgan fingerprint density at radius 3 is 2.08 bits per heavy atom. The maximum absolute atomic E-state index is 12.1. The lowest BCUT2D eigenvalue weighted by molar-refractivity contribution is 0.483. The summed E-state index contributed by atoms with van der Waals surface area (Å²) in [5, 5.41) is 1.73. The number of fused-ring (bicyclic) bond motifs is 1. The fourth-order valence-electron chi connectivity index (χ4n) is 3.90. The molecule has 2 aromatic rings. The van der Waals surface area contributed by atoms with Crippen LogP contribution >= 0.6 is 0 Å². The molecule has 0 atom stereocenters. The first kappa shape index (κ1) is 20.9. The standard InChI is InChI=1S/C22H32O3S/c1-5-7-9-12-18-13-11-15-20-21(18)19(14-10-8-6-2)16(3)17(4)22(20)26(23,24)25/h11,13,15H,5-10,12,14H2,1-4H3,(H,23,24,25). The van der Waals surface area contributed by atoms with Crippen molar-refractivity contribution in [3.63, 3.8) is 0 Å². The Morgan fingerprint density at radius 2 is 1.50 bits per heavy atom. The van der Waals surface area contributed by atoms with Gasteiger partial charge in [-0.25, -0.2) is 0 Å². The second-order valence-corrected chi connectivity index (χ2v) is 8.65. The minimum Gasteiger partial charge on any atom is -0.282 e. The van der Waals surface area contributed by atoms with Gasteiger partial charge in [-0.15, -0.1) is 0 Å². The van der Waals surface area contributed by atoms with Crippen LogP contribution in [0.4, 0.5) is 0 Å². The van der Waals surface area contributed by atoms with E-state index in [4.69, 9.17) is 0 Å². The van der Waals surface area contributed by atoms with Gasteiger partial charge >= 0.3 is 0 Å². The minimum atomic E-state index is -4.27. The van der Waals surface area contributed by atoms with Crippen LogP contribution in [0.25, 0.3) is 10.8 Å². The van der Waals surface area contributed by atoms with E-state index in [9.17, 15) is 13.0 Å². The van der Waals surface area contributed by atoms with E-state index < -0.39 is 10.1 Å². The molecule has 144 valence electrons. The van der Waals surface area contributed by atoms with Gasteiger partial charge in [-0.2, -0.15) is 8.42 Å². The monoisotopic (exact) mass is 376 g/mol. The molecule has 0 saturated carbocycles. The molecule has 2 aromatic carbocycles. The van der Waals surface area contributed by atoms with E-state index in [1.165, 1.54) is 11.1 Å². The van der Waals surface area contributed by atoms with Crippen molar-refractivity contribution in [2.45, 2.75) is 84.0 Å².